The lowest BCUT2D eigenvalue weighted by atomic mass is 9.79. The number of likely N-dealkylation sites (tertiary alicyclic amines) is 1. The first kappa shape index (κ1) is 19.8. The molecule has 3 aliphatic heterocycles. The van der Waals surface area contributed by atoms with Gasteiger partial charge in [-0.05, 0) is 27.3 Å². The summed E-state index contributed by atoms with van der Waals surface area (Å²) in [6.07, 6.45) is -0.0440. The maximum Gasteiger partial charge on any atom is 0.358 e. The fourth-order valence-electron chi connectivity index (χ4n) is 4.42. The normalized spacial score (nSPS) is 35.4. The van der Waals surface area contributed by atoms with E-state index < -0.39 is 18.0 Å². The van der Waals surface area contributed by atoms with Crippen molar-refractivity contribution in [2.24, 2.45) is 11.8 Å². The quantitative estimate of drug-likeness (QED) is 0.539. The third-order valence-corrected chi connectivity index (χ3v) is 7.39. The van der Waals surface area contributed by atoms with E-state index in [9.17, 15) is 19.5 Å². The number of carbonyl (C=O) groups is 3. The van der Waals surface area contributed by atoms with Gasteiger partial charge in [-0.3, -0.25) is 14.5 Å². The van der Waals surface area contributed by atoms with Crippen LogP contribution in [0.15, 0.2) is 10.6 Å². The van der Waals surface area contributed by atoms with Crippen LogP contribution in [-0.2, 0) is 18.9 Å². The molecular weight excluding hydrogens is 375 g/mol. The molecule has 7 nitrogen and oxygen atoms in total. The number of hydrogen-bond acceptors (Lipinski definition) is 7. The zero-order valence-electron chi connectivity index (χ0n) is 15.3. The number of carbonyl (C=O) groups excluding carboxylic acids is 3. The molecule has 0 aromatic heterocycles. The second-order valence-corrected chi connectivity index (χ2v) is 8.99. The lowest BCUT2D eigenvalue weighted by Crippen LogP contribution is -2.63. The van der Waals surface area contributed by atoms with Crippen LogP contribution in [0.25, 0.3) is 0 Å². The molecule has 3 heterocycles. The summed E-state index contributed by atoms with van der Waals surface area (Å²) in [7, 11) is 3.86. The molecule has 0 radical (unpaired) electrons. The van der Waals surface area contributed by atoms with E-state index in [0.717, 1.165) is 11.4 Å². The van der Waals surface area contributed by atoms with Gasteiger partial charge >= 0.3 is 5.97 Å². The molecule has 0 saturated carbocycles. The van der Waals surface area contributed by atoms with E-state index >= 15 is 0 Å². The number of rotatable bonds is 5. The summed E-state index contributed by atoms with van der Waals surface area (Å²) >= 11 is 1.56. The van der Waals surface area contributed by atoms with E-state index in [1.807, 2.05) is 28.3 Å². The van der Waals surface area contributed by atoms with Crippen molar-refractivity contribution in [2.75, 3.05) is 13.6 Å². The van der Waals surface area contributed by atoms with Gasteiger partial charge in [0.15, 0.2) is 0 Å². The van der Waals surface area contributed by atoms with Gasteiger partial charge in [-0.1, -0.05) is 6.92 Å². The third-order valence-electron chi connectivity index (χ3n) is 5.68. The Labute approximate surface area is 159 Å². The van der Waals surface area contributed by atoms with Gasteiger partial charge in [0.2, 0.25) is 5.91 Å². The summed E-state index contributed by atoms with van der Waals surface area (Å²) < 4.78 is 4.84. The monoisotopic (exact) mass is 400 g/mol. The molecule has 144 valence electrons. The lowest BCUT2D eigenvalue weighted by molar-refractivity contribution is -0.162. The highest BCUT2D eigenvalue weighted by atomic mass is 32.2. The number of hydrogen-bond donors (Lipinski definition) is 1. The molecular formula is C17H25N2O5PS. The molecule has 2 saturated heterocycles. The van der Waals surface area contributed by atoms with E-state index in [4.69, 9.17) is 4.52 Å². The van der Waals surface area contributed by atoms with E-state index in [1.54, 1.807) is 25.6 Å². The van der Waals surface area contributed by atoms with Gasteiger partial charge in [0, 0.05) is 22.6 Å². The maximum absolute atomic E-state index is 12.5. The Balaban J connectivity index is 1.87. The molecule has 3 aliphatic rings. The molecule has 0 aromatic carbocycles. The Hall–Kier alpha value is -0.950. The van der Waals surface area contributed by atoms with E-state index in [1.165, 1.54) is 4.90 Å². The van der Waals surface area contributed by atoms with Gasteiger partial charge in [-0.2, -0.15) is 0 Å². The number of thioether (sulfide) groups is 1. The molecule has 7 unspecified atom stereocenters. The zero-order valence-corrected chi connectivity index (χ0v) is 17.3. The van der Waals surface area contributed by atoms with Crippen LogP contribution in [0, 0.1) is 11.8 Å². The van der Waals surface area contributed by atoms with Crippen molar-refractivity contribution in [2.45, 2.75) is 50.6 Å². The van der Waals surface area contributed by atoms with E-state index in [-0.39, 0.29) is 34.9 Å². The highest BCUT2D eigenvalue weighted by Crippen LogP contribution is 2.52. The predicted molar refractivity (Wildman–Crippen MR) is 101 cm³/mol. The van der Waals surface area contributed by atoms with Gasteiger partial charge < -0.3 is 14.5 Å². The van der Waals surface area contributed by atoms with Crippen LogP contribution in [0.3, 0.4) is 0 Å². The van der Waals surface area contributed by atoms with Crippen LogP contribution in [0.2, 0.25) is 0 Å². The van der Waals surface area contributed by atoms with E-state index in [2.05, 4.69) is 0 Å². The molecule has 9 heteroatoms. The van der Waals surface area contributed by atoms with Crippen LogP contribution < -0.4 is 0 Å². The maximum atomic E-state index is 12.5. The molecule has 1 N–H and O–H groups in total. The van der Waals surface area contributed by atoms with Gasteiger partial charge in [-0.15, -0.1) is 11.8 Å². The van der Waals surface area contributed by atoms with Crippen LogP contribution in [0.1, 0.15) is 27.2 Å². The highest BCUT2D eigenvalue weighted by Gasteiger charge is 2.60. The molecule has 2 fully saturated rings. The van der Waals surface area contributed by atoms with Crippen molar-refractivity contribution < 1.29 is 24.0 Å². The van der Waals surface area contributed by atoms with Gasteiger partial charge in [-0.25, -0.2) is 4.79 Å². The Morgan fingerprint density at radius 3 is 2.58 bits per heavy atom. The number of likely N-dealkylation sites (N-methyl/N-ethyl adjacent to an activating group) is 1. The Morgan fingerprint density at radius 1 is 1.42 bits per heavy atom. The Morgan fingerprint density at radius 2 is 2.08 bits per heavy atom. The van der Waals surface area contributed by atoms with Crippen molar-refractivity contribution >= 4 is 38.9 Å². The number of β-lactam (4-membered cyclic amide) rings is 1. The lowest BCUT2D eigenvalue weighted by Gasteiger charge is -2.46. The smallest absolute Gasteiger partial charge is 0.358 e. The summed E-state index contributed by atoms with van der Waals surface area (Å²) in [5.41, 5.74) is 0.290. The second kappa shape index (κ2) is 7.23. The first-order valence-corrected chi connectivity index (χ1v) is 10.1. The molecule has 7 atom stereocenters. The minimum Gasteiger partial charge on any atom is -0.447 e. The molecule has 1 amide bonds. The summed E-state index contributed by atoms with van der Waals surface area (Å²) in [4.78, 5) is 41.0. The Bertz CT molecular complexity index is 682. The number of aliphatic hydroxyl groups is 1. The largest absolute Gasteiger partial charge is 0.447 e. The molecule has 0 aromatic rings. The highest BCUT2D eigenvalue weighted by molar-refractivity contribution is 8.03. The SMILES string of the molecule is CC(=O)C1CC(SC2=C(C(=O)OP)N3C(=O)C(C(C)O)C3C2C)CN1C. The molecule has 0 spiro atoms. The topological polar surface area (TPSA) is 87.2 Å². The fraction of sp³-hybridized carbons (Fsp3) is 0.706. The van der Waals surface area contributed by atoms with Crippen LogP contribution in [-0.4, -0.2) is 69.6 Å². The summed E-state index contributed by atoms with van der Waals surface area (Å²) in [6, 6.07) is -0.322. The van der Waals surface area contributed by atoms with Crippen molar-refractivity contribution in [3.8, 4) is 0 Å². The number of ketones is 1. The number of amides is 1. The average molecular weight is 400 g/mol. The predicted octanol–water partition coefficient (Wildman–Crippen LogP) is 0.784. The fourth-order valence-corrected chi connectivity index (χ4v) is 6.12. The minimum absolute atomic E-state index is 0.0573. The van der Waals surface area contributed by atoms with Crippen LogP contribution >= 0.6 is 21.2 Å². The minimum atomic E-state index is -0.761. The van der Waals surface area contributed by atoms with Gasteiger partial charge in [0.1, 0.15) is 11.5 Å². The first-order valence-electron chi connectivity index (χ1n) is 8.72. The zero-order chi connectivity index (χ0) is 19.3. The van der Waals surface area contributed by atoms with E-state index in [0.29, 0.717) is 12.1 Å². The first-order chi connectivity index (χ1) is 12.2. The summed E-state index contributed by atoms with van der Waals surface area (Å²) in [5.74, 6) is -1.20. The summed E-state index contributed by atoms with van der Waals surface area (Å²) in [6.45, 7) is 5.92. The van der Waals surface area contributed by atoms with Crippen molar-refractivity contribution in [3.63, 3.8) is 0 Å². The van der Waals surface area contributed by atoms with Gasteiger partial charge in [0.05, 0.1) is 33.6 Å². The standard InChI is InChI=1S/C17H25N2O5PS/c1-7-13-12(9(3)21)16(22)19(13)14(17(23)24-25)15(7)26-10-5-11(8(2)20)18(4)6-10/h7,9-13,21H,5-6,25H2,1-4H3. The van der Waals surface area contributed by atoms with Crippen molar-refractivity contribution in [1.29, 1.82) is 0 Å². The van der Waals surface area contributed by atoms with Crippen molar-refractivity contribution in [3.05, 3.63) is 10.6 Å². The molecule has 3 rings (SSSR count). The molecule has 0 bridgehead atoms. The van der Waals surface area contributed by atoms with Crippen LogP contribution in [0.4, 0.5) is 0 Å². The molecule has 26 heavy (non-hydrogen) atoms. The summed E-state index contributed by atoms with van der Waals surface area (Å²) in [5, 5.41) is 10.1. The van der Waals surface area contributed by atoms with Crippen LogP contribution in [0.5, 0.6) is 0 Å². The number of nitrogens with zero attached hydrogens (tertiary/aromatic N) is 2. The molecule has 0 aliphatic carbocycles. The number of aliphatic hydroxyl groups excluding tert-OH is 1. The third kappa shape index (κ3) is 3.01. The average Bonchev–Trinajstić information content (AvgIpc) is 3.04. The van der Waals surface area contributed by atoms with Gasteiger partial charge in [0.25, 0.3) is 0 Å². The number of fused-ring (bicyclic) bond motifs is 1. The second-order valence-electron chi connectivity index (χ2n) is 7.41. The van der Waals surface area contributed by atoms with Crippen molar-refractivity contribution in [1.82, 2.24) is 9.80 Å². The number of Topliss-reactive ketones (excluding diaryl/α,β-unsaturated/α-hetero) is 1. The Kier molecular flexibility index (Phi) is 5.50.